The topological polar surface area (TPSA) is 101 Å². The number of hydrogen-bond acceptors (Lipinski definition) is 5. The molecule has 3 aromatic carbocycles. The molecule has 0 aliphatic carbocycles. The SMILES string of the molecule is Cc1ccc(N2C(=O)C(=O)C(=C(O)c3ccc(Cl)cc3)[C@@H]2c2ccccc2[N+](=O)[O-])cc1. The van der Waals surface area contributed by atoms with Gasteiger partial charge in [0.2, 0.25) is 0 Å². The molecule has 0 unspecified atom stereocenters. The highest BCUT2D eigenvalue weighted by atomic mass is 35.5. The molecule has 8 heteroatoms. The number of carbonyl (C=O) groups excluding carboxylic acids is 2. The number of aliphatic hydroxyl groups is 1. The van der Waals surface area contributed by atoms with Crippen LogP contribution in [0.2, 0.25) is 5.02 Å². The summed E-state index contributed by atoms with van der Waals surface area (Å²) in [4.78, 5) is 38.5. The van der Waals surface area contributed by atoms with E-state index in [1.54, 1.807) is 30.3 Å². The number of nitrogens with zero attached hydrogens (tertiary/aromatic N) is 2. The molecule has 7 nitrogen and oxygen atoms in total. The lowest BCUT2D eigenvalue weighted by atomic mass is 9.94. The van der Waals surface area contributed by atoms with Crippen LogP contribution in [-0.2, 0) is 9.59 Å². The number of nitro benzene ring substituents is 1. The lowest BCUT2D eigenvalue weighted by Gasteiger charge is -2.25. The third-order valence-electron chi connectivity index (χ3n) is 5.30. The van der Waals surface area contributed by atoms with Crippen LogP contribution in [0.4, 0.5) is 11.4 Å². The van der Waals surface area contributed by atoms with Crippen molar-refractivity contribution in [2.75, 3.05) is 4.90 Å². The van der Waals surface area contributed by atoms with Crippen molar-refractivity contribution in [1.82, 2.24) is 0 Å². The van der Waals surface area contributed by atoms with E-state index >= 15 is 0 Å². The molecule has 1 atom stereocenters. The normalized spacial score (nSPS) is 17.6. The summed E-state index contributed by atoms with van der Waals surface area (Å²) in [5.74, 6) is -2.24. The number of hydrogen-bond donors (Lipinski definition) is 1. The van der Waals surface area contributed by atoms with Gasteiger partial charge in [0, 0.05) is 22.3 Å². The largest absolute Gasteiger partial charge is 0.507 e. The zero-order valence-corrected chi connectivity index (χ0v) is 17.6. The van der Waals surface area contributed by atoms with Crippen LogP contribution in [0.3, 0.4) is 0 Å². The van der Waals surface area contributed by atoms with Crippen molar-refractivity contribution < 1.29 is 19.6 Å². The molecule has 1 heterocycles. The fourth-order valence-electron chi connectivity index (χ4n) is 3.75. The first-order valence-corrected chi connectivity index (χ1v) is 10.0. The Bertz CT molecular complexity index is 1270. The minimum absolute atomic E-state index is 0.118. The van der Waals surface area contributed by atoms with Crippen LogP contribution in [0, 0.1) is 17.0 Å². The standard InChI is InChI=1S/C24H17ClN2O5/c1-14-6-12-17(13-7-14)26-21(18-4-2-3-5-19(18)27(31)32)20(23(29)24(26)30)22(28)15-8-10-16(25)11-9-15/h2-13,21,28H,1H3/t21-/m0/s1. The molecule has 3 aromatic rings. The van der Waals surface area contributed by atoms with Crippen molar-refractivity contribution >= 4 is 40.4 Å². The van der Waals surface area contributed by atoms with Crippen LogP contribution >= 0.6 is 11.6 Å². The Labute approximate surface area is 188 Å². The number of nitro groups is 1. The van der Waals surface area contributed by atoms with Gasteiger partial charge >= 0.3 is 0 Å². The molecule has 0 spiro atoms. The van der Waals surface area contributed by atoms with E-state index in [9.17, 15) is 24.8 Å². The van der Waals surface area contributed by atoms with Gasteiger partial charge in [0.25, 0.3) is 17.4 Å². The molecule has 1 saturated heterocycles. The van der Waals surface area contributed by atoms with Crippen molar-refractivity contribution in [1.29, 1.82) is 0 Å². The predicted molar refractivity (Wildman–Crippen MR) is 121 cm³/mol. The number of rotatable bonds is 4. The number of anilines is 1. The summed E-state index contributed by atoms with van der Waals surface area (Å²) in [6.45, 7) is 1.87. The van der Waals surface area contributed by atoms with Crippen LogP contribution in [-0.4, -0.2) is 21.7 Å². The lowest BCUT2D eigenvalue weighted by Crippen LogP contribution is -2.29. The zero-order chi connectivity index (χ0) is 23.0. The van der Waals surface area contributed by atoms with Gasteiger partial charge in [-0.05, 0) is 49.4 Å². The van der Waals surface area contributed by atoms with Gasteiger partial charge in [-0.1, -0.05) is 41.4 Å². The highest BCUT2D eigenvalue weighted by Gasteiger charge is 2.48. The molecule has 1 N–H and O–H groups in total. The Balaban J connectivity index is 2.00. The summed E-state index contributed by atoms with van der Waals surface area (Å²) in [7, 11) is 0. The van der Waals surface area contributed by atoms with E-state index in [2.05, 4.69) is 0 Å². The fraction of sp³-hybridized carbons (Fsp3) is 0.0833. The Kier molecular flexibility index (Phi) is 5.50. The third-order valence-corrected chi connectivity index (χ3v) is 5.55. The Morgan fingerprint density at radius 2 is 1.62 bits per heavy atom. The zero-order valence-electron chi connectivity index (χ0n) is 16.9. The Morgan fingerprint density at radius 3 is 2.25 bits per heavy atom. The number of amides is 1. The first kappa shape index (κ1) is 21.3. The molecule has 0 aromatic heterocycles. The third kappa shape index (κ3) is 3.63. The molecule has 0 bridgehead atoms. The number of benzene rings is 3. The van der Waals surface area contributed by atoms with Crippen molar-refractivity contribution in [3.8, 4) is 0 Å². The summed E-state index contributed by atoms with van der Waals surface area (Å²) >= 11 is 5.92. The van der Waals surface area contributed by atoms with E-state index in [0.29, 0.717) is 10.7 Å². The minimum atomic E-state index is -1.19. The number of ketones is 1. The van der Waals surface area contributed by atoms with Crippen molar-refractivity contribution in [3.05, 3.63) is 110 Å². The summed E-state index contributed by atoms with van der Waals surface area (Å²) in [6.07, 6.45) is 0. The molecule has 0 radical (unpaired) electrons. The van der Waals surface area contributed by atoms with Crippen molar-refractivity contribution in [2.24, 2.45) is 0 Å². The second-order valence-corrected chi connectivity index (χ2v) is 7.76. The summed E-state index contributed by atoms with van der Waals surface area (Å²) < 4.78 is 0. The van der Waals surface area contributed by atoms with Gasteiger partial charge < -0.3 is 5.11 Å². The van der Waals surface area contributed by atoms with Gasteiger partial charge in [-0.25, -0.2) is 0 Å². The highest BCUT2D eigenvalue weighted by molar-refractivity contribution is 6.51. The molecule has 1 fully saturated rings. The van der Waals surface area contributed by atoms with Crippen LogP contribution < -0.4 is 4.90 Å². The molecular weight excluding hydrogens is 432 g/mol. The maximum Gasteiger partial charge on any atom is 0.300 e. The van der Waals surface area contributed by atoms with Crippen molar-refractivity contribution in [2.45, 2.75) is 13.0 Å². The number of aliphatic hydroxyl groups excluding tert-OH is 1. The average molecular weight is 449 g/mol. The van der Waals surface area contributed by atoms with Gasteiger partial charge in [-0.3, -0.25) is 24.6 Å². The molecule has 32 heavy (non-hydrogen) atoms. The number of carbonyl (C=O) groups is 2. The van der Waals surface area contributed by atoms with E-state index in [4.69, 9.17) is 11.6 Å². The molecule has 160 valence electrons. The van der Waals surface area contributed by atoms with E-state index in [-0.39, 0.29) is 22.4 Å². The molecule has 0 saturated carbocycles. The number of aryl methyl sites for hydroxylation is 1. The highest BCUT2D eigenvalue weighted by Crippen LogP contribution is 2.44. The van der Waals surface area contributed by atoms with E-state index in [0.717, 1.165) is 5.56 Å². The number of para-hydroxylation sites is 1. The summed E-state index contributed by atoms with van der Waals surface area (Å²) in [5.41, 5.74) is 1.21. The van der Waals surface area contributed by atoms with Crippen molar-refractivity contribution in [3.63, 3.8) is 0 Å². The second kappa shape index (κ2) is 8.28. The van der Waals surface area contributed by atoms with Gasteiger partial charge in [0.05, 0.1) is 16.1 Å². The molecular formula is C24H17ClN2O5. The predicted octanol–water partition coefficient (Wildman–Crippen LogP) is 5.18. The maximum absolute atomic E-state index is 13.1. The van der Waals surface area contributed by atoms with Crippen LogP contribution in [0.5, 0.6) is 0 Å². The van der Waals surface area contributed by atoms with Gasteiger partial charge in [-0.2, -0.15) is 0 Å². The first-order valence-electron chi connectivity index (χ1n) is 9.66. The van der Waals surface area contributed by atoms with Gasteiger partial charge in [-0.15, -0.1) is 0 Å². The second-order valence-electron chi connectivity index (χ2n) is 7.33. The molecule has 1 aliphatic rings. The van der Waals surface area contributed by atoms with Crippen LogP contribution in [0.25, 0.3) is 5.76 Å². The number of halogens is 1. The monoisotopic (exact) mass is 448 g/mol. The quantitative estimate of drug-likeness (QED) is 0.195. The Morgan fingerprint density at radius 1 is 1.00 bits per heavy atom. The van der Waals surface area contributed by atoms with Gasteiger partial charge in [0.15, 0.2) is 0 Å². The Hall–Kier alpha value is -3.97. The lowest BCUT2D eigenvalue weighted by molar-refractivity contribution is -0.385. The summed E-state index contributed by atoms with van der Waals surface area (Å²) in [6, 6.07) is 17.6. The molecule has 4 rings (SSSR count). The average Bonchev–Trinajstić information content (AvgIpc) is 3.05. The maximum atomic E-state index is 13.1. The van der Waals surface area contributed by atoms with Gasteiger partial charge in [0.1, 0.15) is 11.8 Å². The first-order chi connectivity index (χ1) is 15.3. The van der Waals surface area contributed by atoms with E-state index in [1.165, 1.54) is 47.4 Å². The fourth-order valence-corrected chi connectivity index (χ4v) is 3.87. The van der Waals surface area contributed by atoms with E-state index < -0.39 is 28.4 Å². The molecule has 1 aliphatic heterocycles. The smallest absolute Gasteiger partial charge is 0.300 e. The summed E-state index contributed by atoms with van der Waals surface area (Å²) in [5, 5.41) is 23.2. The minimum Gasteiger partial charge on any atom is -0.507 e. The number of Topliss-reactive ketones (excluding diaryl/α,β-unsaturated/α-hetero) is 1. The van der Waals surface area contributed by atoms with Crippen LogP contribution in [0.1, 0.15) is 22.7 Å². The van der Waals surface area contributed by atoms with E-state index in [1.807, 2.05) is 6.92 Å². The van der Waals surface area contributed by atoms with Crippen LogP contribution in [0.15, 0.2) is 78.4 Å². The molecule has 1 amide bonds.